The monoisotopic (exact) mass is 241 g/mol. The first-order chi connectivity index (χ1) is 8.33. The number of allylic oxidation sites excluding steroid dienone is 1. The number of thiazole rings is 1. The van der Waals surface area contributed by atoms with E-state index < -0.39 is 0 Å². The second-order valence-electron chi connectivity index (χ2n) is 3.39. The van der Waals surface area contributed by atoms with Crippen molar-refractivity contribution in [2.75, 3.05) is 5.32 Å². The van der Waals surface area contributed by atoms with E-state index in [1.807, 2.05) is 30.3 Å². The van der Waals surface area contributed by atoms with Crippen molar-refractivity contribution in [3.05, 3.63) is 53.6 Å². The van der Waals surface area contributed by atoms with Crippen LogP contribution >= 0.6 is 11.3 Å². The Balaban J connectivity index is 2.23. The molecule has 17 heavy (non-hydrogen) atoms. The van der Waals surface area contributed by atoms with Crippen LogP contribution in [0, 0.1) is 11.3 Å². The van der Waals surface area contributed by atoms with Gasteiger partial charge in [0.1, 0.15) is 6.07 Å². The van der Waals surface area contributed by atoms with Crippen LogP contribution in [0.1, 0.15) is 10.6 Å². The molecule has 0 amide bonds. The largest absolute Gasteiger partial charge is 0.332 e. The van der Waals surface area contributed by atoms with Gasteiger partial charge in [-0.15, -0.1) is 17.9 Å². The molecule has 1 N–H and O–H groups in total. The van der Waals surface area contributed by atoms with Crippen molar-refractivity contribution in [3.63, 3.8) is 0 Å². The third-order valence-corrected chi connectivity index (χ3v) is 3.15. The van der Waals surface area contributed by atoms with E-state index in [-0.39, 0.29) is 0 Å². The lowest BCUT2D eigenvalue weighted by Crippen LogP contribution is -1.88. The second-order valence-corrected chi connectivity index (χ2v) is 4.47. The lowest BCUT2D eigenvalue weighted by molar-refractivity contribution is 1.24. The number of hydrogen-bond acceptors (Lipinski definition) is 4. The third kappa shape index (κ3) is 2.71. The van der Waals surface area contributed by atoms with Crippen molar-refractivity contribution in [1.29, 1.82) is 5.26 Å². The number of nitrogens with one attached hydrogen (secondary N) is 1. The molecule has 0 spiro atoms. The van der Waals surface area contributed by atoms with Crippen LogP contribution in [0.2, 0.25) is 0 Å². The second kappa shape index (κ2) is 5.28. The molecule has 0 aliphatic carbocycles. The molecule has 1 aromatic heterocycles. The van der Waals surface area contributed by atoms with Gasteiger partial charge in [0, 0.05) is 17.0 Å². The van der Waals surface area contributed by atoms with E-state index in [0.717, 1.165) is 15.7 Å². The van der Waals surface area contributed by atoms with Gasteiger partial charge in [0.05, 0.1) is 0 Å². The molecule has 0 fully saturated rings. The summed E-state index contributed by atoms with van der Waals surface area (Å²) in [6, 6.07) is 11.9. The molecule has 0 saturated heterocycles. The summed E-state index contributed by atoms with van der Waals surface area (Å²) >= 11 is 1.49. The summed E-state index contributed by atoms with van der Waals surface area (Å²) in [6.07, 6.45) is 2.46. The zero-order valence-corrected chi connectivity index (χ0v) is 10.00. The van der Waals surface area contributed by atoms with Crippen LogP contribution in [0.4, 0.5) is 10.8 Å². The first-order valence-corrected chi connectivity index (χ1v) is 5.98. The molecule has 84 valence electrons. The average Bonchev–Trinajstić information content (AvgIpc) is 2.73. The number of rotatable bonds is 4. The van der Waals surface area contributed by atoms with Gasteiger partial charge in [0.15, 0.2) is 10.8 Å². The Kier molecular flexibility index (Phi) is 3.53. The number of nitrogens with zero attached hydrogens (tertiary/aromatic N) is 2. The Bertz CT molecular complexity index is 552. The predicted octanol–water partition coefficient (Wildman–Crippen LogP) is 3.49. The third-order valence-electron chi connectivity index (χ3n) is 2.16. The van der Waals surface area contributed by atoms with Gasteiger partial charge in [-0.2, -0.15) is 5.26 Å². The first-order valence-electron chi connectivity index (χ1n) is 5.16. The number of nitriles is 1. The fourth-order valence-corrected chi connectivity index (χ4v) is 2.34. The Hall–Kier alpha value is -2.12. The molecule has 0 atom stereocenters. The molecule has 4 heteroatoms. The van der Waals surface area contributed by atoms with Crippen molar-refractivity contribution in [3.8, 4) is 6.07 Å². The number of para-hydroxylation sites is 1. The van der Waals surface area contributed by atoms with Crippen LogP contribution in [0.5, 0.6) is 0 Å². The average molecular weight is 241 g/mol. The molecular weight excluding hydrogens is 230 g/mol. The minimum atomic E-state index is 0.480. The van der Waals surface area contributed by atoms with E-state index in [9.17, 15) is 0 Å². The van der Waals surface area contributed by atoms with Crippen molar-refractivity contribution >= 4 is 22.2 Å². The van der Waals surface area contributed by atoms with Crippen LogP contribution in [0.3, 0.4) is 0 Å². The fourth-order valence-electron chi connectivity index (χ4n) is 1.41. The molecule has 1 heterocycles. The van der Waals surface area contributed by atoms with Crippen LogP contribution in [0.25, 0.3) is 0 Å². The van der Waals surface area contributed by atoms with Crippen molar-refractivity contribution in [1.82, 2.24) is 4.98 Å². The fraction of sp³-hybridized carbons (Fsp3) is 0.0769. The van der Waals surface area contributed by atoms with Gasteiger partial charge in [0.25, 0.3) is 0 Å². The van der Waals surface area contributed by atoms with Gasteiger partial charge in [-0.1, -0.05) is 24.3 Å². The van der Waals surface area contributed by atoms with Crippen LogP contribution in [0.15, 0.2) is 43.0 Å². The summed E-state index contributed by atoms with van der Waals surface area (Å²) in [6.45, 7) is 3.67. The van der Waals surface area contributed by atoms with Crippen molar-refractivity contribution < 1.29 is 0 Å². The summed E-state index contributed by atoms with van der Waals surface area (Å²) in [4.78, 5) is 5.19. The maximum absolute atomic E-state index is 8.96. The van der Waals surface area contributed by atoms with E-state index in [0.29, 0.717) is 12.1 Å². The summed E-state index contributed by atoms with van der Waals surface area (Å²) < 4.78 is 0. The van der Waals surface area contributed by atoms with E-state index in [2.05, 4.69) is 22.9 Å². The maximum Gasteiger partial charge on any atom is 0.188 e. The molecule has 0 aliphatic rings. The Morgan fingerprint density at radius 1 is 1.41 bits per heavy atom. The number of anilines is 2. The molecule has 3 nitrogen and oxygen atoms in total. The first kappa shape index (κ1) is 11.4. The van der Waals surface area contributed by atoms with Gasteiger partial charge >= 0.3 is 0 Å². The van der Waals surface area contributed by atoms with E-state index >= 15 is 0 Å². The van der Waals surface area contributed by atoms with Gasteiger partial charge in [-0.3, -0.25) is 0 Å². The van der Waals surface area contributed by atoms with Gasteiger partial charge in [-0.05, 0) is 12.1 Å². The summed E-state index contributed by atoms with van der Waals surface area (Å²) in [5.41, 5.74) is 1.45. The number of benzene rings is 1. The van der Waals surface area contributed by atoms with E-state index in [1.165, 1.54) is 11.3 Å². The highest BCUT2D eigenvalue weighted by Crippen LogP contribution is 2.26. The van der Waals surface area contributed by atoms with Crippen LogP contribution in [-0.2, 0) is 6.42 Å². The standard InChI is InChI=1S/C13H11N3S/c1-2-6-12-11(9-14)16-13(17-12)15-10-7-4-3-5-8-10/h2-5,7-8H,1,6H2,(H,15,16). The van der Waals surface area contributed by atoms with Gasteiger partial charge in [-0.25, -0.2) is 4.98 Å². The molecule has 0 saturated carbocycles. The zero-order chi connectivity index (χ0) is 12.1. The molecule has 0 aliphatic heterocycles. The van der Waals surface area contributed by atoms with Gasteiger partial charge in [0.2, 0.25) is 0 Å². The lowest BCUT2D eigenvalue weighted by atomic mass is 10.3. The molecule has 0 unspecified atom stereocenters. The highest BCUT2D eigenvalue weighted by molar-refractivity contribution is 7.15. The smallest absolute Gasteiger partial charge is 0.188 e. The summed E-state index contributed by atoms with van der Waals surface area (Å²) in [7, 11) is 0. The Morgan fingerprint density at radius 3 is 2.82 bits per heavy atom. The minimum Gasteiger partial charge on any atom is -0.332 e. The quantitative estimate of drug-likeness (QED) is 0.833. The predicted molar refractivity (Wildman–Crippen MR) is 70.5 cm³/mol. The molecule has 2 aromatic rings. The molecule has 0 radical (unpaired) electrons. The Labute approximate surface area is 104 Å². The van der Waals surface area contributed by atoms with Crippen molar-refractivity contribution in [2.45, 2.75) is 6.42 Å². The lowest BCUT2D eigenvalue weighted by Gasteiger charge is -2.00. The Morgan fingerprint density at radius 2 is 2.18 bits per heavy atom. The van der Waals surface area contributed by atoms with Crippen molar-refractivity contribution in [2.24, 2.45) is 0 Å². The van der Waals surface area contributed by atoms with Crippen LogP contribution < -0.4 is 5.32 Å². The molecule has 0 bridgehead atoms. The maximum atomic E-state index is 8.96. The number of aromatic nitrogens is 1. The van der Waals surface area contributed by atoms with E-state index in [1.54, 1.807) is 6.08 Å². The van der Waals surface area contributed by atoms with Crippen LogP contribution in [-0.4, -0.2) is 4.98 Å². The highest BCUT2D eigenvalue weighted by Gasteiger charge is 2.09. The minimum absolute atomic E-state index is 0.480. The zero-order valence-electron chi connectivity index (χ0n) is 9.18. The SMILES string of the molecule is C=CCc1sc(Nc2ccccc2)nc1C#N. The topological polar surface area (TPSA) is 48.7 Å². The highest BCUT2D eigenvalue weighted by atomic mass is 32.1. The molecule has 1 aromatic carbocycles. The summed E-state index contributed by atoms with van der Waals surface area (Å²) in [5, 5.41) is 12.9. The normalized spacial score (nSPS) is 9.59. The molecule has 2 rings (SSSR count). The van der Waals surface area contributed by atoms with Gasteiger partial charge < -0.3 is 5.32 Å². The molecular formula is C13H11N3S. The number of hydrogen-bond donors (Lipinski definition) is 1. The summed E-state index contributed by atoms with van der Waals surface area (Å²) in [5.74, 6) is 0. The van der Waals surface area contributed by atoms with E-state index in [4.69, 9.17) is 5.26 Å².